The minimum absolute atomic E-state index is 0.206. The molecule has 0 aliphatic heterocycles. The van der Waals surface area contributed by atoms with E-state index in [4.69, 9.17) is 32.5 Å². The maximum atomic E-state index is 12.0. The van der Waals surface area contributed by atoms with Crippen molar-refractivity contribution < 1.29 is 13.9 Å². The first kappa shape index (κ1) is 16.4. The Morgan fingerprint density at radius 3 is 2.67 bits per heavy atom. The number of aromatic nitrogens is 2. The highest BCUT2D eigenvalue weighted by Gasteiger charge is 2.23. The summed E-state index contributed by atoms with van der Waals surface area (Å²) in [5.74, 6) is 0.718. The van der Waals surface area contributed by atoms with Crippen LogP contribution in [-0.2, 0) is 6.54 Å². The van der Waals surface area contributed by atoms with Gasteiger partial charge in [-0.05, 0) is 40.3 Å². The third-order valence-electron chi connectivity index (χ3n) is 3.44. The van der Waals surface area contributed by atoms with Crippen LogP contribution in [0.25, 0.3) is 5.69 Å². The molecule has 0 aliphatic carbocycles. The van der Waals surface area contributed by atoms with Crippen LogP contribution >= 0.6 is 23.2 Å². The fraction of sp³-hybridized carbons (Fsp3) is 0.125. The topological polar surface area (TPSA) is 71.1 Å². The first-order chi connectivity index (χ1) is 11.6. The predicted octanol–water partition coefficient (Wildman–Crippen LogP) is 3.17. The third kappa shape index (κ3) is 3.39. The summed E-state index contributed by atoms with van der Waals surface area (Å²) in [5.41, 5.74) is 1.27. The molecule has 0 bridgehead atoms. The SMILES string of the molecule is COc1ccc(-[n+]2[nH]oc(=O)c2CNc2cc(Cl)ccc2Cl)cc1. The van der Waals surface area contributed by atoms with Crippen LogP contribution in [0, 0.1) is 0 Å². The van der Waals surface area contributed by atoms with Gasteiger partial charge < -0.3 is 10.1 Å². The number of ether oxygens (including phenoxy) is 1. The lowest BCUT2D eigenvalue weighted by Crippen LogP contribution is -2.39. The van der Waals surface area contributed by atoms with Crippen LogP contribution in [0.15, 0.2) is 51.8 Å². The Morgan fingerprint density at radius 2 is 1.96 bits per heavy atom. The van der Waals surface area contributed by atoms with Gasteiger partial charge in [-0.3, -0.25) is 4.52 Å². The number of benzene rings is 2. The maximum Gasteiger partial charge on any atom is 0.432 e. The van der Waals surface area contributed by atoms with E-state index in [-0.39, 0.29) is 6.54 Å². The first-order valence-electron chi connectivity index (χ1n) is 7.04. The Labute approximate surface area is 147 Å². The zero-order chi connectivity index (χ0) is 17.1. The summed E-state index contributed by atoms with van der Waals surface area (Å²) in [6, 6.07) is 12.3. The van der Waals surface area contributed by atoms with Crippen molar-refractivity contribution in [1.82, 2.24) is 5.27 Å². The molecule has 0 saturated heterocycles. The van der Waals surface area contributed by atoms with E-state index in [1.165, 1.54) is 0 Å². The van der Waals surface area contributed by atoms with Crippen molar-refractivity contribution in [2.75, 3.05) is 12.4 Å². The number of anilines is 1. The lowest BCUT2D eigenvalue weighted by molar-refractivity contribution is -0.677. The number of rotatable bonds is 5. The van der Waals surface area contributed by atoms with Gasteiger partial charge >= 0.3 is 11.3 Å². The number of nitrogens with one attached hydrogen (secondary N) is 2. The van der Waals surface area contributed by atoms with E-state index < -0.39 is 5.63 Å². The average molecular weight is 367 g/mol. The molecule has 2 aromatic carbocycles. The van der Waals surface area contributed by atoms with Crippen LogP contribution in [0.5, 0.6) is 5.75 Å². The molecular weight excluding hydrogens is 353 g/mol. The fourth-order valence-electron chi connectivity index (χ4n) is 2.20. The molecule has 8 heteroatoms. The maximum absolute atomic E-state index is 12.0. The van der Waals surface area contributed by atoms with Gasteiger partial charge in [0.25, 0.3) is 0 Å². The quantitative estimate of drug-likeness (QED) is 0.680. The van der Waals surface area contributed by atoms with Crippen LogP contribution in [0.1, 0.15) is 5.69 Å². The number of hydrogen-bond donors (Lipinski definition) is 2. The van der Waals surface area contributed by atoms with E-state index in [1.807, 2.05) is 0 Å². The van der Waals surface area contributed by atoms with Crippen LogP contribution in [-0.4, -0.2) is 12.4 Å². The van der Waals surface area contributed by atoms with E-state index in [0.29, 0.717) is 21.4 Å². The second kappa shape index (κ2) is 6.98. The molecule has 0 amide bonds. The summed E-state index contributed by atoms with van der Waals surface area (Å²) >= 11 is 12.1. The van der Waals surface area contributed by atoms with Crippen LogP contribution in [0.2, 0.25) is 10.0 Å². The molecule has 6 nitrogen and oxygen atoms in total. The monoisotopic (exact) mass is 366 g/mol. The molecule has 1 heterocycles. The van der Waals surface area contributed by atoms with Gasteiger partial charge in [0, 0.05) is 17.2 Å². The van der Waals surface area contributed by atoms with E-state index in [0.717, 1.165) is 11.4 Å². The summed E-state index contributed by atoms with van der Waals surface area (Å²) in [7, 11) is 1.59. The highest BCUT2D eigenvalue weighted by atomic mass is 35.5. The van der Waals surface area contributed by atoms with E-state index in [2.05, 4.69) is 10.6 Å². The Kier molecular flexibility index (Phi) is 4.78. The third-order valence-corrected chi connectivity index (χ3v) is 4.01. The molecule has 124 valence electrons. The van der Waals surface area contributed by atoms with Gasteiger partial charge in [-0.25, -0.2) is 4.79 Å². The van der Waals surface area contributed by atoms with Crippen molar-refractivity contribution in [2.45, 2.75) is 6.54 Å². The van der Waals surface area contributed by atoms with Gasteiger partial charge in [0.2, 0.25) is 5.69 Å². The zero-order valence-corrected chi connectivity index (χ0v) is 14.2. The Balaban J connectivity index is 1.87. The van der Waals surface area contributed by atoms with Crippen molar-refractivity contribution in [3.8, 4) is 11.4 Å². The Morgan fingerprint density at radius 1 is 1.21 bits per heavy atom. The fourth-order valence-corrected chi connectivity index (χ4v) is 2.55. The molecule has 24 heavy (non-hydrogen) atoms. The van der Waals surface area contributed by atoms with Crippen LogP contribution in [0.3, 0.4) is 0 Å². The largest absolute Gasteiger partial charge is 0.497 e. The smallest absolute Gasteiger partial charge is 0.432 e. The number of H-pyrrole nitrogens is 1. The van der Waals surface area contributed by atoms with Crippen molar-refractivity contribution >= 4 is 28.9 Å². The molecule has 3 rings (SSSR count). The molecule has 0 fully saturated rings. The molecule has 0 spiro atoms. The van der Waals surface area contributed by atoms with E-state index >= 15 is 0 Å². The van der Waals surface area contributed by atoms with Gasteiger partial charge in [0.15, 0.2) is 0 Å². The van der Waals surface area contributed by atoms with Crippen LogP contribution in [0.4, 0.5) is 5.69 Å². The molecule has 0 unspecified atom stereocenters. The summed E-state index contributed by atoms with van der Waals surface area (Å²) in [4.78, 5) is 12.0. The summed E-state index contributed by atoms with van der Waals surface area (Å²) in [6.45, 7) is 0.206. The highest BCUT2D eigenvalue weighted by Crippen LogP contribution is 2.25. The van der Waals surface area contributed by atoms with Crippen molar-refractivity contribution in [1.29, 1.82) is 0 Å². The first-order valence-corrected chi connectivity index (χ1v) is 7.80. The lowest BCUT2D eigenvalue weighted by atomic mass is 10.3. The average Bonchev–Trinajstić information content (AvgIpc) is 2.96. The summed E-state index contributed by atoms with van der Waals surface area (Å²) in [5, 5.41) is 6.72. The van der Waals surface area contributed by atoms with Gasteiger partial charge in [0.05, 0.1) is 17.8 Å². The number of halogens is 2. The van der Waals surface area contributed by atoms with Gasteiger partial charge in [-0.1, -0.05) is 23.2 Å². The minimum Gasteiger partial charge on any atom is -0.497 e. The number of nitrogens with zero attached hydrogens (tertiary/aromatic N) is 1. The molecule has 0 aliphatic rings. The van der Waals surface area contributed by atoms with Crippen LogP contribution < -0.4 is 20.4 Å². The van der Waals surface area contributed by atoms with E-state index in [1.54, 1.807) is 54.3 Å². The normalized spacial score (nSPS) is 10.6. The predicted molar refractivity (Wildman–Crippen MR) is 91.2 cm³/mol. The second-order valence-electron chi connectivity index (χ2n) is 4.94. The lowest BCUT2D eigenvalue weighted by Gasteiger charge is -2.05. The molecule has 0 atom stereocenters. The molecular formula is C16H14Cl2N3O3+. The second-order valence-corrected chi connectivity index (χ2v) is 5.78. The highest BCUT2D eigenvalue weighted by molar-refractivity contribution is 6.35. The van der Waals surface area contributed by atoms with E-state index in [9.17, 15) is 4.79 Å². The molecule has 3 aromatic rings. The number of aromatic amines is 1. The summed E-state index contributed by atoms with van der Waals surface area (Å²) < 4.78 is 11.6. The Bertz CT molecular complexity index is 904. The molecule has 0 radical (unpaired) electrons. The minimum atomic E-state index is -0.475. The molecule has 2 N–H and O–H groups in total. The number of methoxy groups -OCH3 is 1. The van der Waals surface area contributed by atoms with Crippen molar-refractivity contribution in [3.63, 3.8) is 0 Å². The van der Waals surface area contributed by atoms with Crippen molar-refractivity contribution in [3.05, 3.63) is 68.6 Å². The van der Waals surface area contributed by atoms with Crippen molar-refractivity contribution in [2.24, 2.45) is 0 Å². The van der Waals surface area contributed by atoms with Gasteiger partial charge in [-0.15, -0.1) is 0 Å². The number of hydrogen-bond acceptors (Lipinski definition) is 4. The Hall–Kier alpha value is -2.44. The summed E-state index contributed by atoms with van der Waals surface area (Å²) in [6.07, 6.45) is 0. The standard InChI is InChI=1S/C16H13Cl2N3O3/c1-23-12-5-3-11(4-6-12)21-15(16(22)24-20-21)9-19-14-8-10(17)2-7-13(14)18/h2-8,19H,9H2,1H3/p+1. The van der Waals surface area contributed by atoms with Gasteiger partial charge in [0.1, 0.15) is 12.3 Å². The molecule has 1 aromatic heterocycles. The molecule has 0 saturated carbocycles. The van der Waals surface area contributed by atoms with Gasteiger partial charge in [-0.2, -0.15) is 0 Å². The zero-order valence-electron chi connectivity index (χ0n) is 12.7.